The lowest BCUT2D eigenvalue weighted by Crippen LogP contribution is -2.42. The Labute approximate surface area is 177 Å². The van der Waals surface area contributed by atoms with Gasteiger partial charge in [-0.25, -0.2) is 0 Å². The van der Waals surface area contributed by atoms with Gasteiger partial charge in [-0.1, -0.05) is 43.5 Å². The van der Waals surface area contributed by atoms with E-state index in [1.165, 1.54) is 43.2 Å². The van der Waals surface area contributed by atoms with Crippen LogP contribution in [0.15, 0.2) is 24.3 Å². The Kier molecular flexibility index (Phi) is 9.00. The third-order valence-corrected chi connectivity index (χ3v) is 7.09. The van der Waals surface area contributed by atoms with E-state index in [1.807, 2.05) is 7.05 Å². The molecule has 1 amide bonds. The number of benzene rings is 1. The summed E-state index contributed by atoms with van der Waals surface area (Å²) in [4.78, 5) is 14.9. The van der Waals surface area contributed by atoms with Crippen molar-refractivity contribution in [2.75, 3.05) is 20.2 Å². The Morgan fingerprint density at radius 2 is 1.69 bits per heavy atom. The van der Waals surface area contributed by atoms with Crippen molar-refractivity contribution in [1.29, 1.82) is 0 Å². The molecule has 0 saturated heterocycles. The first-order chi connectivity index (χ1) is 14.2. The second-order valence-electron chi connectivity index (χ2n) is 9.14. The fourth-order valence-electron chi connectivity index (χ4n) is 5.12. The SMILES string of the molecule is CN(C(=O)C1CCCCC1)C1CCC(c2ccc(CNCCCCO)cc2)CC1. The van der Waals surface area contributed by atoms with E-state index in [2.05, 4.69) is 34.5 Å². The zero-order valence-corrected chi connectivity index (χ0v) is 18.2. The molecule has 4 nitrogen and oxygen atoms in total. The van der Waals surface area contributed by atoms with Crippen LogP contribution < -0.4 is 5.32 Å². The maximum Gasteiger partial charge on any atom is 0.225 e. The molecule has 2 aliphatic rings. The van der Waals surface area contributed by atoms with Gasteiger partial charge in [0.05, 0.1) is 0 Å². The molecule has 1 aromatic rings. The molecule has 0 aromatic heterocycles. The van der Waals surface area contributed by atoms with E-state index >= 15 is 0 Å². The van der Waals surface area contributed by atoms with Crippen molar-refractivity contribution in [3.05, 3.63) is 35.4 Å². The molecule has 0 spiro atoms. The highest BCUT2D eigenvalue weighted by molar-refractivity contribution is 5.79. The van der Waals surface area contributed by atoms with E-state index < -0.39 is 0 Å². The molecule has 2 saturated carbocycles. The molecule has 0 heterocycles. The number of hydrogen-bond acceptors (Lipinski definition) is 3. The van der Waals surface area contributed by atoms with Crippen LogP contribution in [0.5, 0.6) is 0 Å². The van der Waals surface area contributed by atoms with Crippen molar-refractivity contribution in [2.45, 2.75) is 89.1 Å². The molecule has 3 rings (SSSR count). The third-order valence-electron chi connectivity index (χ3n) is 7.09. The second-order valence-corrected chi connectivity index (χ2v) is 9.14. The monoisotopic (exact) mass is 400 g/mol. The van der Waals surface area contributed by atoms with Gasteiger partial charge >= 0.3 is 0 Å². The standard InChI is InChI=1S/C25H40N2O2/c1-27(25(29)23-7-3-2-4-8-23)24-15-13-22(14-16-24)21-11-9-20(10-12-21)19-26-17-5-6-18-28/h9-12,22-24,26,28H,2-8,13-19H2,1H3. The highest BCUT2D eigenvalue weighted by Gasteiger charge is 2.31. The molecule has 2 N–H and O–H groups in total. The number of rotatable bonds is 9. The molecule has 0 unspecified atom stereocenters. The van der Waals surface area contributed by atoms with Gasteiger partial charge in [-0.15, -0.1) is 0 Å². The highest BCUT2D eigenvalue weighted by Crippen LogP contribution is 2.35. The molecule has 2 aliphatic carbocycles. The Morgan fingerprint density at radius 1 is 1.00 bits per heavy atom. The predicted octanol–water partition coefficient (Wildman–Crippen LogP) is 4.61. The number of amides is 1. The summed E-state index contributed by atoms with van der Waals surface area (Å²) in [5, 5.41) is 12.3. The van der Waals surface area contributed by atoms with Crippen LogP contribution in [-0.2, 0) is 11.3 Å². The van der Waals surface area contributed by atoms with Gasteiger partial charge in [0.15, 0.2) is 0 Å². The zero-order chi connectivity index (χ0) is 20.5. The highest BCUT2D eigenvalue weighted by atomic mass is 16.2. The van der Waals surface area contributed by atoms with Crippen molar-refractivity contribution < 1.29 is 9.90 Å². The number of unbranched alkanes of at least 4 members (excludes halogenated alkanes) is 1. The van der Waals surface area contributed by atoms with E-state index in [0.717, 1.165) is 51.6 Å². The maximum atomic E-state index is 12.8. The van der Waals surface area contributed by atoms with Gasteiger partial charge in [-0.05, 0) is 75.0 Å². The van der Waals surface area contributed by atoms with E-state index in [-0.39, 0.29) is 12.5 Å². The molecule has 0 aliphatic heterocycles. The summed E-state index contributed by atoms with van der Waals surface area (Å²) in [5.41, 5.74) is 2.78. The van der Waals surface area contributed by atoms with Crippen LogP contribution in [0.1, 0.15) is 87.7 Å². The quantitative estimate of drug-likeness (QED) is 0.595. The van der Waals surface area contributed by atoms with Crippen LogP contribution in [0.25, 0.3) is 0 Å². The number of nitrogens with one attached hydrogen (secondary N) is 1. The smallest absolute Gasteiger partial charge is 0.225 e. The molecular weight excluding hydrogens is 360 g/mol. The average Bonchev–Trinajstić information content (AvgIpc) is 2.79. The zero-order valence-electron chi connectivity index (χ0n) is 18.2. The van der Waals surface area contributed by atoms with E-state index in [0.29, 0.717) is 17.9 Å². The Morgan fingerprint density at radius 3 is 2.34 bits per heavy atom. The lowest BCUT2D eigenvalue weighted by molar-refractivity contribution is -0.138. The molecule has 0 bridgehead atoms. The molecule has 4 heteroatoms. The minimum Gasteiger partial charge on any atom is -0.396 e. The minimum absolute atomic E-state index is 0.281. The van der Waals surface area contributed by atoms with E-state index in [9.17, 15) is 4.79 Å². The van der Waals surface area contributed by atoms with E-state index in [4.69, 9.17) is 5.11 Å². The first-order valence-corrected chi connectivity index (χ1v) is 11.9. The van der Waals surface area contributed by atoms with Crippen LogP contribution in [0.4, 0.5) is 0 Å². The van der Waals surface area contributed by atoms with Gasteiger partial charge < -0.3 is 15.3 Å². The Bertz CT molecular complexity index is 602. The number of nitrogens with zero attached hydrogens (tertiary/aromatic N) is 1. The molecule has 0 atom stereocenters. The number of aliphatic hydroxyl groups is 1. The fourth-order valence-corrected chi connectivity index (χ4v) is 5.12. The summed E-state index contributed by atoms with van der Waals surface area (Å²) in [6.45, 7) is 2.13. The average molecular weight is 401 g/mol. The first-order valence-electron chi connectivity index (χ1n) is 11.9. The van der Waals surface area contributed by atoms with Crippen LogP contribution >= 0.6 is 0 Å². The summed E-state index contributed by atoms with van der Waals surface area (Å²) in [5.74, 6) is 1.33. The molecule has 1 aromatic carbocycles. The fraction of sp³-hybridized carbons (Fsp3) is 0.720. The van der Waals surface area contributed by atoms with Gasteiger partial charge in [0.2, 0.25) is 5.91 Å². The topological polar surface area (TPSA) is 52.6 Å². The van der Waals surface area contributed by atoms with Crippen molar-refractivity contribution >= 4 is 5.91 Å². The van der Waals surface area contributed by atoms with Gasteiger partial charge in [-0.3, -0.25) is 4.79 Å². The summed E-state index contributed by atoms with van der Waals surface area (Å²) in [6.07, 6.45) is 12.5. The lowest BCUT2D eigenvalue weighted by atomic mass is 9.80. The summed E-state index contributed by atoms with van der Waals surface area (Å²) < 4.78 is 0. The molecular formula is C25H40N2O2. The van der Waals surface area contributed by atoms with Gasteiger partial charge in [-0.2, -0.15) is 0 Å². The summed E-state index contributed by atoms with van der Waals surface area (Å²) in [7, 11) is 2.05. The summed E-state index contributed by atoms with van der Waals surface area (Å²) >= 11 is 0. The second kappa shape index (κ2) is 11.7. The number of carbonyl (C=O) groups excluding carboxylic acids is 1. The van der Waals surface area contributed by atoms with Gasteiger partial charge in [0.25, 0.3) is 0 Å². The molecule has 2 fully saturated rings. The van der Waals surface area contributed by atoms with Gasteiger partial charge in [0, 0.05) is 32.2 Å². The minimum atomic E-state index is 0.281. The first kappa shape index (κ1) is 22.3. The third kappa shape index (κ3) is 6.55. The molecule has 162 valence electrons. The largest absolute Gasteiger partial charge is 0.396 e. The van der Waals surface area contributed by atoms with E-state index in [1.54, 1.807) is 0 Å². The maximum absolute atomic E-state index is 12.8. The molecule has 0 radical (unpaired) electrons. The molecule has 29 heavy (non-hydrogen) atoms. The van der Waals surface area contributed by atoms with Crippen molar-refractivity contribution in [2.24, 2.45) is 5.92 Å². The van der Waals surface area contributed by atoms with Crippen LogP contribution in [0.3, 0.4) is 0 Å². The Balaban J connectivity index is 1.42. The van der Waals surface area contributed by atoms with Crippen LogP contribution in [0.2, 0.25) is 0 Å². The van der Waals surface area contributed by atoms with Gasteiger partial charge in [0.1, 0.15) is 0 Å². The number of hydrogen-bond donors (Lipinski definition) is 2. The normalized spacial score (nSPS) is 23.1. The van der Waals surface area contributed by atoms with Crippen molar-refractivity contribution in [1.82, 2.24) is 10.2 Å². The predicted molar refractivity (Wildman–Crippen MR) is 119 cm³/mol. The Hall–Kier alpha value is -1.39. The number of aliphatic hydroxyl groups excluding tert-OH is 1. The lowest BCUT2D eigenvalue weighted by Gasteiger charge is -2.37. The van der Waals surface area contributed by atoms with Crippen molar-refractivity contribution in [3.63, 3.8) is 0 Å². The summed E-state index contributed by atoms with van der Waals surface area (Å²) in [6, 6.07) is 9.53. The number of carbonyl (C=O) groups is 1. The van der Waals surface area contributed by atoms with Crippen LogP contribution in [-0.4, -0.2) is 42.2 Å². The van der Waals surface area contributed by atoms with Crippen LogP contribution in [0, 0.1) is 5.92 Å². The van der Waals surface area contributed by atoms with Crippen molar-refractivity contribution in [3.8, 4) is 0 Å².